The minimum Gasteiger partial charge on any atom is -0.507 e. The summed E-state index contributed by atoms with van der Waals surface area (Å²) in [6.07, 6.45) is 1.60. The van der Waals surface area contributed by atoms with Gasteiger partial charge in [0.2, 0.25) is 0 Å². The van der Waals surface area contributed by atoms with Gasteiger partial charge in [-0.3, -0.25) is 14.7 Å². The molecule has 0 spiro atoms. The maximum Gasteiger partial charge on any atom is 0.124 e. The zero-order chi connectivity index (χ0) is 19.8. The Bertz CT molecular complexity index is 922. The number of phenols is 1. The largest absolute Gasteiger partial charge is 0.507 e. The predicted octanol–water partition coefficient (Wildman–Crippen LogP) is 2.03. The maximum absolute atomic E-state index is 10.1. The van der Waals surface area contributed by atoms with Crippen LogP contribution in [-0.4, -0.2) is 78.5 Å². The first-order chi connectivity index (χ1) is 14.1. The molecule has 4 heterocycles. The minimum atomic E-state index is -0.0656. The van der Waals surface area contributed by atoms with Crippen molar-refractivity contribution in [2.75, 3.05) is 46.8 Å². The third kappa shape index (κ3) is 3.42. The van der Waals surface area contributed by atoms with Gasteiger partial charge in [-0.05, 0) is 23.8 Å². The van der Waals surface area contributed by atoms with Gasteiger partial charge in [-0.1, -0.05) is 30.3 Å². The first-order valence-corrected chi connectivity index (χ1v) is 9.86. The molecule has 4 saturated heterocycles. The van der Waals surface area contributed by atoms with E-state index < -0.39 is 0 Å². The van der Waals surface area contributed by atoms with Crippen LogP contribution >= 0.6 is 0 Å². The highest BCUT2D eigenvalue weighted by atomic mass is 16.5. The Morgan fingerprint density at radius 2 is 1.66 bits per heavy atom. The number of nitrogens with zero attached hydrogens (tertiary/aromatic N) is 5. The fourth-order valence-electron chi connectivity index (χ4n) is 4.92. The summed E-state index contributed by atoms with van der Waals surface area (Å²) in [7, 11) is 1.60. The molecule has 0 radical (unpaired) electrons. The van der Waals surface area contributed by atoms with Crippen LogP contribution < -0.4 is 4.74 Å². The molecule has 6 rings (SSSR count). The van der Waals surface area contributed by atoms with E-state index in [9.17, 15) is 5.11 Å². The summed E-state index contributed by atoms with van der Waals surface area (Å²) in [4.78, 5) is 7.44. The molecule has 4 fully saturated rings. The molecule has 1 N–H and O–H groups in total. The number of hydrogen-bond acceptors (Lipinski definition) is 7. The number of hydrogen-bond donors (Lipinski definition) is 1. The second-order valence-corrected chi connectivity index (χ2v) is 8.18. The number of phenolic OH excluding ortho intramolecular Hbond substituents is 1. The van der Waals surface area contributed by atoms with Crippen LogP contribution in [0.3, 0.4) is 0 Å². The highest BCUT2D eigenvalue weighted by molar-refractivity contribution is 6.05. The van der Waals surface area contributed by atoms with Crippen LogP contribution in [0.4, 0.5) is 0 Å². The third-order valence-corrected chi connectivity index (χ3v) is 5.92. The van der Waals surface area contributed by atoms with Crippen molar-refractivity contribution in [2.45, 2.75) is 0 Å². The molecule has 0 aliphatic carbocycles. The van der Waals surface area contributed by atoms with Crippen molar-refractivity contribution in [1.29, 1.82) is 0 Å². The van der Waals surface area contributed by atoms with E-state index in [0.717, 1.165) is 50.9 Å². The fourth-order valence-corrected chi connectivity index (χ4v) is 4.92. The molecule has 2 aromatic rings. The average Bonchev–Trinajstić information content (AvgIpc) is 2.72. The molecule has 7 nitrogen and oxygen atoms in total. The Balaban J connectivity index is 1.52. The molecule has 0 saturated carbocycles. The van der Waals surface area contributed by atoms with Crippen molar-refractivity contribution in [3.8, 4) is 11.5 Å². The molecule has 7 heteroatoms. The standard InChI is InChI=1S/C22H25N5O2/c1-29-19-7-8-20(28)18(9-19)10-23-24-21(17-5-3-2-4-6-17)22-11-25-14-26(12-22)16-27(13-22)15-25/h2-10,28H,11-16H2,1H3/b23-10-,24-21+. The third-order valence-electron chi connectivity index (χ3n) is 5.92. The van der Waals surface area contributed by atoms with E-state index in [4.69, 9.17) is 9.84 Å². The second-order valence-electron chi connectivity index (χ2n) is 8.18. The molecule has 0 atom stereocenters. The maximum atomic E-state index is 10.1. The minimum absolute atomic E-state index is 0.0656. The summed E-state index contributed by atoms with van der Waals surface area (Å²) >= 11 is 0. The van der Waals surface area contributed by atoms with E-state index in [1.165, 1.54) is 0 Å². The van der Waals surface area contributed by atoms with Crippen molar-refractivity contribution in [3.63, 3.8) is 0 Å². The Labute approximate surface area is 170 Å². The van der Waals surface area contributed by atoms with Crippen LogP contribution in [0.15, 0.2) is 58.7 Å². The van der Waals surface area contributed by atoms with E-state index in [1.807, 2.05) is 18.2 Å². The Morgan fingerprint density at radius 3 is 2.28 bits per heavy atom. The van der Waals surface area contributed by atoms with Crippen molar-refractivity contribution >= 4 is 11.9 Å². The van der Waals surface area contributed by atoms with Crippen LogP contribution in [0.2, 0.25) is 0 Å². The molecule has 4 aliphatic heterocycles. The van der Waals surface area contributed by atoms with Gasteiger partial charge in [0, 0.05) is 25.2 Å². The van der Waals surface area contributed by atoms with Crippen molar-refractivity contribution in [1.82, 2.24) is 14.7 Å². The molecule has 0 unspecified atom stereocenters. The zero-order valence-corrected chi connectivity index (χ0v) is 16.5. The zero-order valence-electron chi connectivity index (χ0n) is 16.5. The lowest BCUT2D eigenvalue weighted by atomic mass is 9.74. The van der Waals surface area contributed by atoms with E-state index in [0.29, 0.717) is 11.3 Å². The van der Waals surface area contributed by atoms with E-state index in [2.05, 4.69) is 31.9 Å². The normalized spacial score (nSPS) is 30.8. The van der Waals surface area contributed by atoms with E-state index >= 15 is 0 Å². The van der Waals surface area contributed by atoms with Crippen molar-refractivity contribution < 1.29 is 9.84 Å². The quantitative estimate of drug-likeness (QED) is 0.624. The van der Waals surface area contributed by atoms with Gasteiger partial charge in [-0.2, -0.15) is 10.2 Å². The summed E-state index contributed by atoms with van der Waals surface area (Å²) < 4.78 is 5.25. The molecular formula is C22H25N5O2. The highest BCUT2D eigenvalue weighted by Gasteiger charge is 2.51. The molecule has 2 aromatic carbocycles. The number of benzene rings is 2. The summed E-state index contributed by atoms with van der Waals surface area (Å²) in [5, 5.41) is 19.3. The summed E-state index contributed by atoms with van der Waals surface area (Å²) in [6, 6.07) is 15.4. The molecule has 4 aliphatic rings. The number of ether oxygens (including phenoxy) is 1. The lowest BCUT2D eigenvalue weighted by molar-refractivity contribution is -0.149. The second kappa shape index (κ2) is 7.26. The lowest BCUT2D eigenvalue weighted by Gasteiger charge is -2.60. The van der Waals surface area contributed by atoms with E-state index in [1.54, 1.807) is 31.5 Å². The summed E-state index contributed by atoms with van der Waals surface area (Å²) in [5.41, 5.74) is 2.63. The van der Waals surface area contributed by atoms with Crippen LogP contribution in [0.1, 0.15) is 11.1 Å². The van der Waals surface area contributed by atoms with Gasteiger partial charge in [0.15, 0.2) is 0 Å². The van der Waals surface area contributed by atoms with Crippen LogP contribution in [0, 0.1) is 5.41 Å². The Hall–Kier alpha value is -2.74. The van der Waals surface area contributed by atoms with Crippen LogP contribution in [0.25, 0.3) is 0 Å². The summed E-state index contributed by atoms with van der Waals surface area (Å²) in [5.74, 6) is 0.829. The van der Waals surface area contributed by atoms with E-state index in [-0.39, 0.29) is 11.2 Å². The molecule has 29 heavy (non-hydrogen) atoms. The van der Waals surface area contributed by atoms with Gasteiger partial charge >= 0.3 is 0 Å². The van der Waals surface area contributed by atoms with Crippen molar-refractivity contribution in [2.24, 2.45) is 15.6 Å². The lowest BCUT2D eigenvalue weighted by Crippen LogP contribution is -2.74. The van der Waals surface area contributed by atoms with Gasteiger partial charge in [-0.15, -0.1) is 0 Å². The number of rotatable bonds is 5. The van der Waals surface area contributed by atoms with Gasteiger partial charge in [0.25, 0.3) is 0 Å². The average molecular weight is 391 g/mol. The smallest absolute Gasteiger partial charge is 0.124 e. The van der Waals surface area contributed by atoms with Gasteiger partial charge in [0.05, 0.1) is 44.5 Å². The van der Waals surface area contributed by atoms with Crippen LogP contribution in [0.5, 0.6) is 11.5 Å². The van der Waals surface area contributed by atoms with Gasteiger partial charge < -0.3 is 9.84 Å². The van der Waals surface area contributed by atoms with Gasteiger partial charge in [-0.25, -0.2) is 0 Å². The summed E-state index contributed by atoms with van der Waals surface area (Å²) in [6.45, 7) is 6.07. The Kier molecular flexibility index (Phi) is 4.58. The number of methoxy groups -OCH3 is 1. The predicted molar refractivity (Wildman–Crippen MR) is 112 cm³/mol. The topological polar surface area (TPSA) is 63.9 Å². The van der Waals surface area contributed by atoms with Crippen LogP contribution in [-0.2, 0) is 0 Å². The molecule has 4 bridgehead atoms. The first kappa shape index (κ1) is 18.3. The SMILES string of the molecule is COc1ccc(O)c(/C=N\N=C(/c2ccccc2)C23CN4CN(CN(C4)C2)C3)c1. The molecule has 150 valence electrons. The fraction of sp³-hybridized carbons (Fsp3) is 0.364. The molecule has 0 aromatic heterocycles. The van der Waals surface area contributed by atoms with Gasteiger partial charge in [0.1, 0.15) is 11.5 Å². The monoisotopic (exact) mass is 391 g/mol. The van der Waals surface area contributed by atoms with Crippen molar-refractivity contribution in [3.05, 3.63) is 59.7 Å². The molecular weight excluding hydrogens is 366 g/mol. The molecule has 0 amide bonds. The highest BCUT2D eigenvalue weighted by Crippen LogP contribution is 2.38. The Morgan fingerprint density at radius 1 is 1.00 bits per heavy atom. The number of aromatic hydroxyl groups is 1. The first-order valence-electron chi connectivity index (χ1n) is 9.86.